The van der Waals surface area contributed by atoms with Crippen LogP contribution in [0.1, 0.15) is 45.4 Å². The summed E-state index contributed by atoms with van der Waals surface area (Å²) in [6.45, 7) is 1.71. The van der Waals surface area contributed by atoms with Crippen LogP contribution in [0.15, 0.2) is 5.16 Å². The number of nitrogens with one attached hydrogen (secondary N) is 1. The van der Waals surface area contributed by atoms with Crippen LogP contribution in [0.3, 0.4) is 0 Å². The molecule has 1 aliphatic carbocycles. The van der Waals surface area contributed by atoms with E-state index in [1.807, 2.05) is 0 Å². The standard InChI is InChI=1S/C10H21N3O3S/c1-8(7-10(11)12-14)13-17(15,16)9-5-3-2-4-6-9/h8-9,13-14H,2-7H2,1H3,(H2,11,12). The van der Waals surface area contributed by atoms with Crippen LogP contribution in [-0.2, 0) is 10.0 Å². The Kier molecular flexibility index (Phi) is 5.20. The van der Waals surface area contributed by atoms with E-state index in [0.717, 1.165) is 32.1 Å². The average Bonchev–Trinajstić information content (AvgIpc) is 2.29. The Hall–Kier alpha value is -0.820. The minimum Gasteiger partial charge on any atom is -0.409 e. The van der Waals surface area contributed by atoms with Gasteiger partial charge in [0.1, 0.15) is 5.84 Å². The maximum atomic E-state index is 12.0. The third kappa shape index (κ3) is 4.51. The summed E-state index contributed by atoms with van der Waals surface area (Å²) in [7, 11) is -3.28. The zero-order valence-electron chi connectivity index (χ0n) is 10.1. The second-order valence-electron chi connectivity index (χ2n) is 4.62. The summed E-state index contributed by atoms with van der Waals surface area (Å²) in [6, 6.07) is -0.349. The summed E-state index contributed by atoms with van der Waals surface area (Å²) in [5.74, 6) is 0.0313. The molecule has 0 aromatic rings. The number of amidine groups is 1. The number of rotatable bonds is 5. The fraction of sp³-hybridized carbons (Fsp3) is 0.900. The van der Waals surface area contributed by atoms with Crippen molar-refractivity contribution in [3.8, 4) is 0 Å². The van der Waals surface area contributed by atoms with E-state index in [4.69, 9.17) is 10.9 Å². The maximum Gasteiger partial charge on any atom is 0.214 e. The fourth-order valence-electron chi connectivity index (χ4n) is 2.15. The zero-order chi connectivity index (χ0) is 12.9. The average molecular weight is 263 g/mol. The Labute approximate surface area is 102 Å². The van der Waals surface area contributed by atoms with Crippen molar-refractivity contribution in [1.29, 1.82) is 0 Å². The van der Waals surface area contributed by atoms with Crippen molar-refractivity contribution in [1.82, 2.24) is 4.72 Å². The van der Waals surface area contributed by atoms with Crippen molar-refractivity contribution in [3.05, 3.63) is 0 Å². The molecule has 0 aromatic carbocycles. The minimum absolute atomic E-state index is 0.0313. The van der Waals surface area contributed by atoms with Gasteiger partial charge in [-0.15, -0.1) is 0 Å². The highest BCUT2D eigenvalue weighted by molar-refractivity contribution is 7.90. The van der Waals surface area contributed by atoms with Gasteiger partial charge < -0.3 is 10.9 Å². The highest BCUT2D eigenvalue weighted by Crippen LogP contribution is 2.23. The van der Waals surface area contributed by atoms with Crippen LogP contribution in [0, 0.1) is 0 Å². The molecular formula is C10H21N3O3S. The van der Waals surface area contributed by atoms with Crippen LogP contribution in [-0.4, -0.2) is 30.8 Å². The molecule has 1 saturated carbocycles. The summed E-state index contributed by atoms with van der Waals surface area (Å²) in [5, 5.41) is 11.0. The van der Waals surface area contributed by atoms with Gasteiger partial charge in [-0.25, -0.2) is 13.1 Å². The largest absolute Gasteiger partial charge is 0.409 e. The highest BCUT2D eigenvalue weighted by atomic mass is 32.2. The van der Waals surface area contributed by atoms with Gasteiger partial charge in [-0.1, -0.05) is 24.4 Å². The van der Waals surface area contributed by atoms with E-state index in [9.17, 15) is 8.42 Å². The lowest BCUT2D eigenvalue weighted by Gasteiger charge is -2.24. The van der Waals surface area contributed by atoms with E-state index in [0.29, 0.717) is 0 Å². The molecule has 1 fully saturated rings. The Morgan fingerprint density at radius 3 is 2.59 bits per heavy atom. The molecule has 1 aliphatic rings. The van der Waals surface area contributed by atoms with Gasteiger partial charge in [0.05, 0.1) is 5.25 Å². The van der Waals surface area contributed by atoms with Crippen molar-refractivity contribution in [2.45, 2.75) is 56.7 Å². The van der Waals surface area contributed by atoms with E-state index in [2.05, 4.69) is 9.88 Å². The first-order chi connectivity index (χ1) is 7.95. The maximum absolute atomic E-state index is 12.0. The predicted molar refractivity (Wildman–Crippen MR) is 66.4 cm³/mol. The Balaban J connectivity index is 2.53. The van der Waals surface area contributed by atoms with Crippen molar-refractivity contribution in [2.24, 2.45) is 10.9 Å². The van der Waals surface area contributed by atoms with E-state index in [1.54, 1.807) is 6.92 Å². The second-order valence-corrected chi connectivity index (χ2v) is 6.61. The molecule has 0 spiro atoms. The van der Waals surface area contributed by atoms with Gasteiger partial charge in [0.15, 0.2) is 0 Å². The SMILES string of the molecule is CC(CC(N)=NO)NS(=O)(=O)C1CCCCC1. The van der Waals surface area contributed by atoms with Crippen LogP contribution in [0.5, 0.6) is 0 Å². The van der Waals surface area contributed by atoms with Gasteiger partial charge in [-0.05, 0) is 19.8 Å². The van der Waals surface area contributed by atoms with E-state index < -0.39 is 10.0 Å². The first kappa shape index (κ1) is 14.2. The summed E-state index contributed by atoms with van der Waals surface area (Å²) >= 11 is 0. The molecule has 1 unspecified atom stereocenters. The molecule has 17 heavy (non-hydrogen) atoms. The number of oxime groups is 1. The van der Waals surface area contributed by atoms with Gasteiger partial charge in [0.25, 0.3) is 0 Å². The van der Waals surface area contributed by atoms with Gasteiger partial charge in [0.2, 0.25) is 10.0 Å². The fourth-order valence-corrected chi connectivity index (χ4v) is 3.94. The zero-order valence-corrected chi connectivity index (χ0v) is 10.9. The Bertz CT molecular complexity index is 361. The molecule has 1 atom stereocenters. The summed E-state index contributed by atoms with van der Waals surface area (Å²) in [6.07, 6.45) is 4.73. The molecule has 1 rings (SSSR count). The molecule has 0 saturated heterocycles. The van der Waals surface area contributed by atoms with E-state index in [-0.39, 0.29) is 23.5 Å². The van der Waals surface area contributed by atoms with Crippen molar-refractivity contribution >= 4 is 15.9 Å². The van der Waals surface area contributed by atoms with Gasteiger partial charge in [-0.3, -0.25) is 0 Å². The third-order valence-corrected chi connectivity index (χ3v) is 5.08. The lowest BCUT2D eigenvalue weighted by atomic mass is 10.0. The van der Waals surface area contributed by atoms with Gasteiger partial charge in [-0.2, -0.15) is 0 Å². The molecular weight excluding hydrogens is 242 g/mol. The Morgan fingerprint density at radius 2 is 2.06 bits per heavy atom. The number of hydrogen-bond donors (Lipinski definition) is 3. The smallest absolute Gasteiger partial charge is 0.214 e. The van der Waals surface area contributed by atoms with Crippen LogP contribution in [0.25, 0.3) is 0 Å². The van der Waals surface area contributed by atoms with Crippen LogP contribution >= 0.6 is 0 Å². The lowest BCUT2D eigenvalue weighted by Crippen LogP contribution is -2.42. The van der Waals surface area contributed by atoms with Crippen molar-refractivity contribution < 1.29 is 13.6 Å². The molecule has 0 amide bonds. The normalized spacial score (nSPS) is 21.4. The molecule has 0 heterocycles. The number of hydrogen-bond acceptors (Lipinski definition) is 4. The van der Waals surface area contributed by atoms with Crippen LogP contribution in [0.2, 0.25) is 0 Å². The Morgan fingerprint density at radius 1 is 1.47 bits per heavy atom. The van der Waals surface area contributed by atoms with E-state index >= 15 is 0 Å². The minimum atomic E-state index is -3.28. The van der Waals surface area contributed by atoms with Crippen molar-refractivity contribution in [2.75, 3.05) is 0 Å². The van der Waals surface area contributed by atoms with Crippen LogP contribution < -0.4 is 10.5 Å². The number of nitrogens with zero attached hydrogens (tertiary/aromatic N) is 1. The van der Waals surface area contributed by atoms with E-state index in [1.165, 1.54) is 0 Å². The van der Waals surface area contributed by atoms with Gasteiger partial charge in [0, 0.05) is 12.5 Å². The molecule has 100 valence electrons. The first-order valence-electron chi connectivity index (χ1n) is 5.93. The van der Waals surface area contributed by atoms with Crippen molar-refractivity contribution in [3.63, 3.8) is 0 Å². The summed E-state index contributed by atoms with van der Waals surface area (Å²) in [4.78, 5) is 0. The number of nitrogens with two attached hydrogens (primary N) is 1. The molecule has 0 aliphatic heterocycles. The molecule has 4 N–H and O–H groups in total. The lowest BCUT2D eigenvalue weighted by molar-refractivity contribution is 0.316. The topological polar surface area (TPSA) is 105 Å². The molecule has 6 nitrogen and oxygen atoms in total. The molecule has 0 aromatic heterocycles. The quantitative estimate of drug-likeness (QED) is 0.295. The van der Waals surface area contributed by atoms with Crippen LogP contribution in [0.4, 0.5) is 0 Å². The second kappa shape index (κ2) is 6.20. The number of sulfonamides is 1. The first-order valence-corrected chi connectivity index (χ1v) is 7.48. The molecule has 0 radical (unpaired) electrons. The van der Waals surface area contributed by atoms with Gasteiger partial charge >= 0.3 is 0 Å². The third-order valence-electron chi connectivity index (χ3n) is 3.00. The summed E-state index contributed by atoms with van der Waals surface area (Å²) in [5.41, 5.74) is 5.34. The molecule has 0 bridgehead atoms. The molecule has 7 heteroatoms. The monoisotopic (exact) mass is 263 g/mol. The summed E-state index contributed by atoms with van der Waals surface area (Å²) < 4.78 is 26.6. The predicted octanol–water partition coefficient (Wildman–Crippen LogP) is 0.763. The highest BCUT2D eigenvalue weighted by Gasteiger charge is 2.28.